The average Bonchev–Trinajstić information content (AvgIpc) is 2.26. The number of ether oxygens (including phenoxy) is 1. The maximum absolute atomic E-state index is 6.03. The second kappa shape index (κ2) is 5.73. The monoisotopic (exact) mass is 208 g/mol. The first-order valence-electron chi connectivity index (χ1n) is 5.26. The number of methoxy groups -OCH3 is 1. The lowest BCUT2D eigenvalue weighted by Crippen LogP contribution is -2.31. The largest absolute Gasteiger partial charge is 0.497 e. The molecular formula is C12H20N2O. The summed E-state index contributed by atoms with van der Waals surface area (Å²) in [5, 5.41) is 3.32. The molecule has 0 radical (unpaired) electrons. The second-order valence-corrected chi connectivity index (χ2v) is 3.94. The second-order valence-electron chi connectivity index (χ2n) is 3.94. The summed E-state index contributed by atoms with van der Waals surface area (Å²) in [7, 11) is 1.66. The lowest BCUT2D eigenvalue weighted by Gasteiger charge is -2.15. The normalized spacial score (nSPS) is 12.9. The van der Waals surface area contributed by atoms with Gasteiger partial charge >= 0.3 is 0 Å². The van der Waals surface area contributed by atoms with Crippen molar-refractivity contribution in [2.75, 3.05) is 13.7 Å². The Balaban J connectivity index is 2.54. The molecule has 0 saturated carbocycles. The van der Waals surface area contributed by atoms with Gasteiger partial charge in [-0.2, -0.15) is 0 Å². The third kappa shape index (κ3) is 3.90. The number of hydrogen-bond donors (Lipinski definition) is 2. The van der Waals surface area contributed by atoms with Crippen LogP contribution in [0.3, 0.4) is 0 Å². The first-order chi connectivity index (χ1) is 7.13. The highest BCUT2D eigenvalue weighted by atomic mass is 16.5. The number of hydrogen-bond acceptors (Lipinski definition) is 3. The molecule has 0 amide bonds. The van der Waals surface area contributed by atoms with Crippen molar-refractivity contribution < 1.29 is 4.74 Å². The highest BCUT2D eigenvalue weighted by Crippen LogP contribution is 2.15. The van der Waals surface area contributed by atoms with E-state index in [1.165, 1.54) is 0 Å². The maximum atomic E-state index is 6.03. The summed E-state index contributed by atoms with van der Waals surface area (Å²) in [6.07, 6.45) is 0. The minimum Gasteiger partial charge on any atom is -0.497 e. The van der Waals surface area contributed by atoms with Crippen molar-refractivity contribution in [3.63, 3.8) is 0 Å². The van der Waals surface area contributed by atoms with Gasteiger partial charge in [0.1, 0.15) is 5.75 Å². The number of nitrogens with one attached hydrogen (secondary N) is 1. The van der Waals surface area contributed by atoms with E-state index >= 15 is 0 Å². The quantitative estimate of drug-likeness (QED) is 0.774. The van der Waals surface area contributed by atoms with Crippen molar-refractivity contribution >= 4 is 0 Å². The number of nitrogens with two attached hydrogens (primary N) is 1. The minimum atomic E-state index is 0.0401. The Morgan fingerprint density at radius 1 is 1.27 bits per heavy atom. The maximum Gasteiger partial charge on any atom is 0.118 e. The van der Waals surface area contributed by atoms with Crippen molar-refractivity contribution in [2.45, 2.75) is 25.9 Å². The van der Waals surface area contributed by atoms with E-state index in [1.807, 2.05) is 24.3 Å². The molecule has 0 aromatic heterocycles. The molecule has 1 aromatic rings. The van der Waals surface area contributed by atoms with Gasteiger partial charge in [-0.15, -0.1) is 0 Å². The molecule has 0 saturated heterocycles. The molecule has 3 nitrogen and oxygen atoms in total. The fourth-order valence-electron chi connectivity index (χ4n) is 1.33. The summed E-state index contributed by atoms with van der Waals surface area (Å²) in [6.45, 7) is 5.02. The van der Waals surface area contributed by atoms with E-state index in [2.05, 4.69) is 19.2 Å². The van der Waals surface area contributed by atoms with Gasteiger partial charge in [-0.1, -0.05) is 26.0 Å². The van der Waals surface area contributed by atoms with E-state index in [-0.39, 0.29) is 6.04 Å². The lowest BCUT2D eigenvalue weighted by molar-refractivity contribution is 0.414. The molecule has 1 rings (SSSR count). The van der Waals surface area contributed by atoms with Gasteiger partial charge < -0.3 is 15.8 Å². The first kappa shape index (κ1) is 12.0. The SMILES string of the molecule is COc1ccc(C(N)CNC(C)C)cc1. The highest BCUT2D eigenvalue weighted by Gasteiger charge is 2.06. The molecule has 0 bridgehead atoms. The fraction of sp³-hybridized carbons (Fsp3) is 0.500. The van der Waals surface area contributed by atoms with Crippen molar-refractivity contribution in [1.82, 2.24) is 5.32 Å². The average molecular weight is 208 g/mol. The molecule has 3 N–H and O–H groups in total. The molecule has 0 fully saturated rings. The Kier molecular flexibility index (Phi) is 4.59. The summed E-state index contributed by atoms with van der Waals surface area (Å²) in [4.78, 5) is 0. The summed E-state index contributed by atoms with van der Waals surface area (Å²) in [5.74, 6) is 0.864. The van der Waals surface area contributed by atoms with Crippen molar-refractivity contribution in [2.24, 2.45) is 5.73 Å². The standard InChI is InChI=1S/C12H20N2O/c1-9(2)14-8-12(13)10-4-6-11(15-3)7-5-10/h4-7,9,12,14H,8,13H2,1-3H3. The van der Waals surface area contributed by atoms with Crippen LogP contribution in [-0.4, -0.2) is 19.7 Å². The van der Waals surface area contributed by atoms with Crippen molar-refractivity contribution in [3.8, 4) is 5.75 Å². The smallest absolute Gasteiger partial charge is 0.118 e. The Morgan fingerprint density at radius 2 is 1.87 bits per heavy atom. The summed E-state index contributed by atoms with van der Waals surface area (Å²) >= 11 is 0. The van der Waals surface area contributed by atoms with Crippen LogP contribution in [0, 0.1) is 0 Å². The third-order valence-corrected chi connectivity index (χ3v) is 2.29. The van der Waals surface area contributed by atoms with E-state index in [0.717, 1.165) is 17.9 Å². The van der Waals surface area contributed by atoms with Gasteiger partial charge in [-0.3, -0.25) is 0 Å². The topological polar surface area (TPSA) is 47.3 Å². The van der Waals surface area contributed by atoms with Gasteiger partial charge in [0, 0.05) is 18.6 Å². The molecule has 15 heavy (non-hydrogen) atoms. The van der Waals surface area contributed by atoms with Gasteiger partial charge in [-0.05, 0) is 17.7 Å². The minimum absolute atomic E-state index is 0.0401. The van der Waals surface area contributed by atoms with Gasteiger partial charge in [0.15, 0.2) is 0 Å². The van der Waals surface area contributed by atoms with Crippen LogP contribution in [-0.2, 0) is 0 Å². The molecule has 0 spiro atoms. The van der Waals surface area contributed by atoms with Crippen LogP contribution in [0.4, 0.5) is 0 Å². The number of benzene rings is 1. The predicted octanol–water partition coefficient (Wildman–Crippen LogP) is 1.69. The van der Waals surface area contributed by atoms with Crippen molar-refractivity contribution in [3.05, 3.63) is 29.8 Å². The molecule has 1 unspecified atom stereocenters. The van der Waals surface area contributed by atoms with Crippen LogP contribution < -0.4 is 15.8 Å². The van der Waals surface area contributed by atoms with Crippen LogP contribution in [0.25, 0.3) is 0 Å². The van der Waals surface area contributed by atoms with E-state index in [1.54, 1.807) is 7.11 Å². The Morgan fingerprint density at radius 3 is 2.33 bits per heavy atom. The summed E-state index contributed by atoms with van der Waals surface area (Å²) in [5.41, 5.74) is 7.16. The number of rotatable bonds is 5. The summed E-state index contributed by atoms with van der Waals surface area (Å²) in [6, 6.07) is 8.39. The molecule has 0 heterocycles. The molecular weight excluding hydrogens is 188 g/mol. The Labute approximate surface area is 91.6 Å². The zero-order chi connectivity index (χ0) is 11.3. The summed E-state index contributed by atoms with van der Waals surface area (Å²) < 4.78 is 5.09. The van der Waals surface area contributed by atoms with E-state index < -0.39 is 0 Å². The van der Waals surface area contributed by atoms with E-state index in [9.17, 15) is 0 Å². The van der Waals surface area contributed by atoms with Gasteiger partial charge in [0.05, 0.1) is 7.11 Å². The zero-order valence-corrected chi connectivity index (χ0v) is 9.66. The van der Waals surface area contributed by atoms with Gasteiger partial charge in [0.25, 0.3) is 0 Å². The highest BCUT2D eigenvalue weighted by molar-refractivity contribution is 5.29. The van der Waals surface area contributed by atoms with Gasteiger partial charge in [0.2, 0.25) is 0 Å². The molecule has 1 atom stereocenters. The van der Waals surface area contributed by atoms with Gasteiger partial charge in [-0.25, -0.2) is 0 Å². The molecule has 3 heteroatoms. The van der Waals surface area contributed by atoms with Crippen molar-refractivity contribution in [1.29, 1.82) is 0 Å². The van der Waals surface area contributed by atoms with E-state index in [0.29, 0.717) is 6.04 Å². The van der Waals surface area contributed by atoms with Crippen LogP contribution in [0.5, 0.6) is 5.75 Å². The fourth-order valence-corrected chi connectivity index (χ4v) is 1.33. The molecule has 0 aliphatic carbocycles. The Hall–Kier alpha value is -1.06. The first-order valence-corrected chi connectivity index (χ1v) is 5.26. The molecule has 0 aliphatic heterocycles. The van der Waals surface area contributed by atoms with E-state index in [4.69, 9.17) is 10.5 Å². The predicted molar refractivity (Wildman–Crippen MR) is 63.1 cm³/mol. The lowest BCUT2D eigenvalue weighted by atomic mass is 10.1. The molecule has 1 aromatic carbocycles. The zero-order valence-electron chi connectivity index (χ0n) is 9.66. The van der Waals surface area contributed by atoms with Crippen LogP contribution in [0.2, 0.25) is 0 Å². The van der Waals surface area contributed by atoms with Crippen LogP contribution in [0.1, 0.15) is 25.5 Å². The molecule has 84 valence electrons. The van der Waals surface area contributed by atoms with Crippen LogP contribution >= 0.6 is 0 Å². The van der Waals surface area contributed by atoms with Crippen LogP contribution in [0.15, 0.2) is 24.3 Å². The third-order valence-electron chi connectivity index (χ3n) is 2.29. The molecule has 0 aliphatic rings. The Bertz CT molecular complexity index is 282.